The Morgan fingerprint density at radius 3 is 1.47 bits per heavy atom. The molecule has 0 spiro atoms. The molecule has 2 N–H and O–H groups in total. The van der Waals surface area contributed by atoms with Gasteiger partial charge in [-0.05, 0) is 65.4 Å². The summed E-state index contributed by atoms with van der Waals surface area (Å²) in [5.41, 5.74) is 6.95. The molecule has 4 nitrogen and oxygen atoms in total. The predicted octanol–water partition coefficient (Wildman–Crippen LogP) is 7.24. The molecule has 0 bridgehead atoms. The molecule has 0 fully saturated rings. The summed E-state index contributed by atoms with van der Waals surface area (Å²) in [4.78, 5) is 25.7. The van der Waals surface area contributed by atoms with Crippen molar-refractivity contribution in [1.82, 2.24) is 0 Å². The molecular weight excluding hydrogens is 444 g/mol. The van der Waals surface area contributed by atoms with Gasteiger partial charge in [-0.2, -0.15) is 0 Å². The van der Waals surface area contributed by atoms with Crippen LogP contribution < -0.4 is 10.6 Å². The Morgan fingerprint density at radius 1 is 0.528 bits per heavy atom. The number of benzene rings is 4. The fraction of sp³-hybridized carbons (Fsp3) is 0.0625. The van der Waals surface area contributed by atoms with E-state index in [1.165, 1.54) is 0 Å². The monoisotopic (exact) mass is 470 g/mol. The van der Waals surface area contributed by atoms with Crippen molar-refractivity contribution < 1.29 is 9.59 Å². The number of amides is 2. The van der Waals surface area contributed by atoms with Crippen molar-refractivity contribution in [2.24, 2.45) is 0 Å². The fourth-order valence-corrected chi connectivity index (χ4v) is 4.21. The van der Waals surface area contributed by atoms with Gasteiger partial charge in [0.2, 0.25) is 0 Å². The van der Waals surface area contributed by atoms with Crippen molar-refractivity contribution in [1.29, 1.82) is 0 Å². The van der Waals surface area contributed by atoms with Gasteiger partial charge in [0.15, 0.2) is 0 Å². The topological polar surface area (TPSA) is 58.2 Å². The molecular formula is C32H26N2O2. The average molecular weight is 471 g/mol. The lowest BCUT2D eigenvalue weighted by atomic mass is 9.98. The van der Waals surface area contributed by atoms with E-state index in [4.69, 9.17) is 0 Å². The minimum atomic E-state index is -0.223. The van der Waals surface area contributed by atoms with Gasteiger partial charge in [0, 0.05) is 22.5 Å². The standard InChI is InChI=1S/C32H26N2O2/c35-31(33-29-18-14-25(15-19-29)23-8-3-1-4-9-23)27-12-7-13-28(22-27)32(36)34-30-20-16-26(17-21-30)24-10-5-2-6-11-24/h1-6,8-12,14-22H,7,13H2,(H,33,35)(H,34,36). The lowest BCUT2D eigenvalue weighted by Crippen LogP contribution is -2.19. The second-order valence-corrected chi connectivity index (χ2v) is 8.66. The zero-order valence-electron chi connectivity index (χ0n) is 19.8. The average Bonchev–Trinajstić information content (AvgIpc) is 2.95. The fourth-order valence-electron chi connectivity index (χ4n) is 4.21. The summed E-state index contributed by atoms with van der Waals surface area (Å²) in [6.45, 7) is 0. The number of carbonyl (C=O) groups is 2. The quantitative estimate of drug-likeness (QED) is 0.312. The highest BCUT2D eigenvalue weighted by Gasteiger charge is 2.17. The van der Waals surface area contributed by atoms with Crippen LogP contribution in [0.1, 0.15) is 12.8 Å². The number of rotatable bonds is 6. The van der Waals surface area contributed by atoms with Crippen molar-refractivity contribution in [3.63, 3.8) is 0 Å². The first-order valence-electron chi connectivity index (χ1n) is 12.0. The van der Waals surface area contributed by atoms with Crippen molar-refractivity contribution in [2.45, 2.75) is 12.8 Å². The molecule has 4 aromatic carbocycles. The highest BCUT2D eigenvalue weighted by Crippen LogP contribution is 2.25. The Labute approximate surface area is 211 Å². The third-order valence-electron chi connectivity index (χ3n) is 6.16. The smallest absolute Gasteiger partial charge is 0.255 e. The maximum absolute atomic E-state index is 12.9. The van der Waals surface area contributed by atoms with Crippen LogP contribution in [0.2, 0.25) is 0 Å². The van der Waals surface area contributed by atoms with E-state index in [2.05, 4.69) is 34.9 Å². The first-order chi connectivity index (χ1) is 17.7. The van der Waals surface area contributed by atoms with Crippen LogP contribution in [0.25, 0.3) is 22.3 Å². The molecule has 1 aliphatic carbocycles. The molecule has 1 aliphatic rings. The van der Waals surface area contributed by atoms with Gasteiger partial charge in [0.05, 0.1) is 0 Å². The molecule has 0 heterocycles. The minimum absolute atomic E-state index is 0.187. The van der Waals surface area contributed by atoms with Crippen LogP contribution in [0.15, 0.2) is 132 Å². The summed E-state index contributed by atoms with van der Waals surface area (Å²) in [7, 11) is 0. The van der Waals surface area contributed by atoms with Gasteiger partial charge in [-0.3, -0.25) is 9.59 Å². The molecule has 0 aliphatic heterocycles. The minimum Gasteiger partial charge on any atom is -0.322 e. The van der Waals surface area contributed by atoms with Gasteiger partial charge in [-0.1, -0.05) is 91.0 Å². The summed E-state index contributed by atoms with van der Waals surface area (Å²) in [5.74, 6) is -0.409. The number of nitrogens with one attached hydrogen (secondary N) is 2. The molecule has 0 saturated heterocycles. The molecule has 36 heavy (non-hydrogen) atoms. The Morgan fingerprint density at radius 2 is 0.972 bits per heavy atom. The number of hydrogen-bond acceptors (Lipinski definition) is 2. The molecule has 0 radical (unpaired) electrons. The van der Waals surface area contributed by atoms with Gasteiger partial charge in [0.25, 0.3) is 11.8 Å². The summed E-state index contributed by atoms with van der Waals surface area (Å²) in [5, 5.41) is 5.89. The predicted molar refractivity (Wildman–Crippen MR) is 146 cm³/mol. The molecule has 2 amide bonds. The molecule has 0 saturated carbocycles. The Hall–Kier alpha value is -4.70. The maximum atomic E-state index is 12.9. The summed E-state index contributed by atoms with van der Waals surface area (Å²) < 4.78 is 0. The van der Waals surface area contributed by atoms with Crippen LogP contribution in [-0.4, -0.2) is 11.8 Å². The van der Waals surface area contributed by atoms with E-state index in [1.807, 2.05) is 91.0 Å². The molecule has 4 heteroatoms. The van der Waals surface area contributed by atoms with Crippen LogP contribution in [0.4, 0.5) is 11.4 Å². The van der Waals surface area contributed by atoms with E-state index in [9.17, 15) is 9.59 Å². The van der Waals surface area contributed by atoms with Gasteiger partial charge >= 0.3 is 0 Å². The molecule has 5 rings (SSSR count). The molecule has 0 aromatic heterocycles. The van der Waals surface area contributed by atoms with Crippen LogP contribution >= 0.6 is 0 Å². The van der Waals surface area contributed by atoms with E-state index in [0.29, 0.717) is 29.7 Å². The first-order valence-corrected chi connectivity index (χ1v) is 12.0. The van der Waals surface area contributed by atoms with Gasteiger partial charge < -0.3 is 10.6 Å². The lowest BCUT2D eigenvalue weighted by Gasteiger charge is -2.15. The number of carbonyl (C=O) groups excluding carboxylic acids is 2. The van der Waals surface area contributed by atoms with Crippen molar-refractivity contribution in [3.8, 4) is 22.3 Å². The van der Waals surface area contributed by atoms with Gasteiger partial charge in [0.1, 0.15) is 0 Å². The third-order valence-corrected chi connectivity index (χ3v) is 6.16. The second kappa shape index (κ2) is 10.7. The molecule has 176 valence electrons. The van der Waals surface area contributed by atoms with Crippen LogP contribution in [0, 0.1) is 0 Å². The van der Waals surface area contributed by atoms with Crippen molar-refractivity contribution in [3.05, 3.63) is 132 Å². The lowest BCUT2D eigenvalue weighted by molar-refractivity contribution is -0.113. The zero-order chi connectivity index (χ0) is 24.7. The third kappa shape index (κ3) is 5.50. The largest absolute Gasteiger partial charge is 0.322 e. The Kier molecular flexibility index (Phi) is 6.86. The molecule has 0 atom stereocenters. The van der Waals surface area contributed by atoms with Gasteiger partial charge in [-0.25, -0.2) is 0 Å². The zero-order valence-corrected chi connectivity index (χ0v) is 19.8. The van der Waals surface area contributed by atoms with Crippen LogP contribution in [0.3, 0.4) is 0 Å². The highest BCUT2D eigenvalue weighted by atomic mass is 16.2. The second-order valence-electron chi connectivity index (χ2n) is 8.66. The van der Waals surface area contributed by atoms with E-state index in [-0.39, 0.29) is 11.8 Å². The first kappa shape index (κ1) is 23.1. The van der Waals surface area contributed by atoms with Gasteiger partial charge in [-0.15, -0.1) is 0 Å². The van der Waals surface area contributed by atoms with Crippen LogP contribution in [-0.2, 0) is 9.59 Å². The van der Waals surface area contributed by atoms with E-state index >= 15 is 0 Å². The Bertz CT molecular complexity index is 1420. The SMILES string of the molecule is O=C(Nc1ccc(-c2ccccc2)cc1)C1=CCCC(C(=O)Nc2ccc(-c3ccccc3)cc2)=C1. The van der Waals surface area contributed by atoms with E-state index in [1.54, 1.807) is 6.08 Å². The number of hydrogen-bond donors (Lipinski definition) is 2. The van der Waals surface area contributed by atoms with Crippen LogP contribution in [0.5, 0.6) is 0 Å². The Balaban J connectivity index is 1.21. The summed E-state index contributed by atoms with van der Waals surface area (Å²) in [6.07, 6.45) is 4.79. The molecule has 4 aromatic rings. The van der Waals surface area contributed by atoms with E-state index < -0.39 is 0 Å². The summed E-state index contributed by atoms with van der Waals surface area (Å²) >= 11 is 0. The number of anilines is 2. The summed E-state index contributed by atoms with van der Waals surface area (Å²) in [6, 6.07) is 35.7. The normalized spacial score (nSPS) is 12.8. The number of allylic oxidation sites excluding steroid dienone is 1. The highest BCUT2D eigenvalue weighted by molar-refractivity contribution is 6.10. The van der Waals surface area contributed by atoms with Crippen molar-refractivity contribution in [2.75, 3.05) is 10.6 Å². The van der Waals surface area contributed by atoms with Crippen molar-refractivity contribution >= 4 is 23.2 Å². The maximum Gasteiger partial charge on any atom is 0.255 e. The molecule has 0 unspecified atom stereocenters. The van der Waals surface area contributed by atoms with E-state index in [0.717, 1.165) is 27.9 Å².